The third-order valence-corrected chi connectivity index (χ3v) is 1.72. The highest BCUT2D eigenvalue weighted by atomic mass is 32.1. The number of rotatable bonds is 1. The zero-order chi connectivity index (χ0) is 5.98. The van der Waals surface area contributed by atoms with E-state index in [1.165, 1.54) is 11.3 Å². The molecule has 0 amide bonds. The molecule has 1 heterocycles. The van der Waals surface area contributed by atoms with E-state index in [2.05, 4.69) is 6.58 Å². The van der Waals surface area contributed by atoms with Gasteiger partial charge in [0.2, 0.25) is 0 Å². The summed E-state index contributed by atoms with van der Waals surface area (Å²) in [6.45, 7) is 3.36. The first-order valence-corrected chi connectivity index (χ1v) is 3.10. The number of aliphatic hydroxyl groups is 1. The lowest BCUT2D eigenvalue weighted by Crippen LogP contribution is -1.67. The summed E-state index contributed by atoms with van der Waals surface area (Å²) in [5, 5.41) is 10.6. The molecule has 0 fully saturated rings. The molecule has 0 aliphatic rings. The maximum atomic E-state index is 8.73. The lowest BCUT2D eigenvalue weighted by Gasteiger charge is -1.85. The first-order chi connectivity index (χ1) is 3.80. The monoisotopic (exact) mass is 126 g/mol. The van der Waals surface area contributed by atoms with Crippen molar-refractivity contribution in [2.24, 2.45) is 0 Å². The summed E-state index contributed by atoms with van der Waals surface area (Å²) in [7, 11) is 0. The van der Waals surface area contributed by atoms with Crippen LogP contribution in [0, 0.1) is 0 Å². The lowest BCUT2D eigenvalue weighted by molar-refractivity contribution is 0.516. The number of thiophene rings is 1. The van der Waals surface area contributed by atoms with E-state index in [0.717, 1.165) is 4.88 Å². The second-order valence-corrected chi connectivity index (χ2v) is 2.37. The molecule has 0 aromatic carbocycles. The summed E-state index contributed by atoms with van der Waals surface area (Å²) < 4.78 is 0. The van der Waals surface area contributed by atoms with Gasteiger partial charge in [-0.25, -0.2) is 0 Å². The van der Waals surface area contributed by atoms with E-state index in [1.54, 1.807) is 0 Å². The molecule has 0 spiro atoms. The van der Waals surface area contributed by atoms with Crippen molar-refractivity contribution in [3.8, 4) is 0 Å². The molecule has 1 rings (SSSR count). The van der Waals surface area contributed by atoms with E-state index in [-0.39, 0.29) is 5.76 Å². The molecular formula is C6H6OS. The van der Waals surface area contributed by atoms with Gasteiger partial charge in [-0.05, 0) is 11.4 Å². The van der Waals surface area contributed by atoms with Gasteiger partial charge in [0.15, 0.2) is 0 Å². The molecule has 1 aromatic rings. The van der Waals surface area contributed by atoms with Gasteiger partial charge in [-0.3, -0.25) is 0 Å². The van der Waals surface area contributed by atoms with Crippen molar-refractivity contribution >= 4 is 17.1 Å². The van der Waals surface area contributed by atoms with Gasteiger partial charge >= 0.3 is 0 Å². The maximum Gasteiger partial charge on any atom is 0.125 e. The van der Waals surface area contributed by atoms with Crippen molar-refractivity contribution in [1.29, 1.82) is 0 Å². The fourth-order valence-corrected chi connectivity index (χ4v) is 1.04. The minimum Gasteiger partial charge on any atom is -0.507 e. The Balaban J connectivity index is 2.93. The molecule has 0 bridgehead atoms. The second kappa shape index (κ2) is 2.01. The van der Waals surface area contributed by atoms with Crippen LogP contribution in [0.4, 0.5) is 0 Å². The Morgan fingerprint density at radius 1 is 1.75 bits per heavy atom. The first-order valence-electron chi connectivity index (χ1n) is 2.22. The quantitative estimate of drug-likeness (QED) is 0.572. The molecule has 8 heavy (non-hydrogen) atoms. The van der Waals surface area contributed by atoms with Crippen LogP contribution in [-0.2, 0) is 0 Å². The van der Waals surface area contributed by atoms with Crippen LogP contribution >= 0.6 is 11.3 Å². The fourth-order valence-electron chi connectivity index (χ4n) is 0.443. The Bertz CT molecular complexity index is 176. The van der Waals surface area contributed by atoms with Crippen LogP contribution < -0.4 is 0 Å². The molecule has 0 saturated heterocycles. The van der Waals surface area contributed by atoms with Crippen LogP contribution in [0.3, 0.4) is 0 Å². The van der Waals surface area contributed by atoms with Crippen LogP contribution in [0.15, 0.2) is 24.1 Å². The first kappa shape index (κ1) is 5.38. The van der Waals surface area contributed by atoms with Gasteiger partial charge in [0.25, 0.3) is 0 Å². The summed E-state index contributed by atoms with van der Waals surface area (Å²) in [6, 6.07) is 3.70. The molecule has 0 atom stereocenters. The molecule has 2 heteroatoms. The molecule has 0 radical (unpaired) electrons. The summed E-state index contributed by atoms with van der Waals surface area (Å²) in [6.07, 6.45) is 0. The molecule has 0 aliphatic heterocycles. The predicted molar refractivity (Wildman–Crippen MR) is 36.0 cm³/mol. The molecule has 42 valence electrons. The minimum absolute atomic E-state index is 0.153. The third kappa shape index (κ3) is 0.898. The largest absolute Gasteiger partial charge is 0.507 e. The van der Waals surface area contributed by atoms with Gasteiger partial charge in [0.1, 0.15) is 5.76 Å². The van der Waals surface area contributed by atoms with Crippen LogP contribution in [0.25, 0.3) is 5.76 Å². The van der Waals surface area contributed by atoms with Gasteiger partial charge < -0.3 is 5.11 Å². The van der Waals surface area contributed by atoms with Gasteiger partial charge in [-0.2, -0.15) is 0 Å². The number of hydrogen-bond donors (Lipinski definition) is 1. The Labute approximate surface area is 51.9 Å². The van der Waals surface area contributed by atoms with Gasteiger partial charge in [0, 0.05) is 0 Å². The molecule has 0 aliphatic carbocycles. The number of aliphatic hydroxyl groups excluding tert-OH is 1. The van der Waals surface area contributed by atoms with Crippen molar-refractivity contribution in [3.63, 3.8) is 0 Å². The Morgan fingerprint density at radius 2 is 2.50 bits per heavy atom. The topological polar surface area (TPSA) is 20.2 Å². The fraction of sp³-hybridized carbons (Fsp3) is 0. The van der Waals surface area contributed by atoms with E-state index < -0.39 is 0 Å². The second-order valence-electron chi connectivity index (χ2n) is 1.42. The zero-order valence-electron chi connectivity index (χ0n) is 4.29. The highest BCUT2D eigenvalue weighted by Gasteiger charge is 1.91. The normalized spacial score (nSPS) is 9.00. The lowest BCUT2D eigenvalue weighted by atomic mass is 10.4. The van der Waals surface area contributed by atoms with Crippen molar-refractivity contribution in [3.05, 3.63) is 29.0 Å². The average molecular weight is 126 g/mol. The summed E-state index contributed by atoms with van der Waals surface area (Å²) in [4.78, 5) is 0.838. The Morgan fingerprint density at radius 3 is 2.75 bits per heavy atom. The standard InChI is InChI=1S/C6H6OS/c1-5(7)6-3-2-4-8-6/h2-4,7H,1H2. The molecule has 0 saturated carbocycles. The van der Waals surface area contributed by atoms with E-state index >= 15 is 0 Å². The predicted octanol–water partition coefficient (Wildman–Crippen LogP) is 2.28. The minimum atomic E-state index is 0.153. The highest BCUT2D eigenvalue weighted by molar-refractivity contribution is 7.11. The summed E-state index contributed by atoms with van der Waals surface area (Å²) >= 11 is 1.48. The van der Waals surface area contributed by atoms with Gasteiger partial charge in [-0.1, -0.05) is 12.6 Å². The van der Waals surface area contributed by atoms with Crippen LogP contribution in [0.1, 0.15) is 4.88 Å². The van der Waals surface area contributed by atoms with Crippen molar-refractivity contribution in [2.45, 2.75) is 0 Å². The zero-order valence-corrected chi connectivity index (χ0v) is 5.11. The van der Waals surface area contributed by atoms with E-state index in [4.69, 9.17) is 5.11 Å². The Hall–Kier alpha value is -0.760. The van der Waals surface area contributed by atoms with E-state index in [0.29, 0.717) is 0 Å². The Kier molecular flexibility index (Phi) is 1.35. The number of hydrogen-bond acceptors (Lipinski definition) is 2. The van der Waals surface area contributed by atoms with Crippen LogP contribution in [-0.4, -0.2) is 5.11 Å². The summed E-state index contributed by atoms with van der Waals surface area (Å²) in [5.74, 6) is 0.153. The smallest absolute Gasteiger partial charge is 0.125 e. The highest BCUT2D eigenvalue weighted by Crippen LogP contribution is 2.14. The van der Waals surface area contributed by atoms with Gasteiger partial charge in [-0.15, -0.1) is 11.3 Å². The van der Waals surface area contributed by atoms with Crippen molar-refractivity contribution in [2.75, 3.05) is 0 Å². The van der Waals surface area contributed by atoms with Crippen LogP contribution in [0.5, 0.6) is 0 Å². The maximum absolute atomic E-state index is 8.73. The summed E-state index contributed by atoms with van der Waals surface area (Å²) in [5.41, 5.74) is 0. The molecule has 1 nitrogen and oxygen atoms in total. The molecule has 1 N–H and O–H groups in total. The average Bonchev–Trinajstić information content (AvgIpc) is 2.12. The van der Waals surface area contributed by atoms with Gasteiger partial charge in [0.05, 0.1) is 4.88 Å². The molecule has 0 unspecified atom stereocenters. The molecular weight excluding hydrogens is 120 g/mol. The van der Waals surface area contributed by atoms with Crippen molar-refractivity contribution in [1.82, 2.24) is 0 Å². The third-order valence-electron chi connectivity index (χ3n) is 0.806. The van der Waals surface area contributed by atoms with E-state index in [1.807, 2.05) is 17.5 Å². The SMILES string of the molecule is C=C(O)c1cccs1. The van der Waals surface area contributed by atoms with Crippen LogP contribution in [0.2, 0.25) is 0 Å². The van der Waals surface area contributed by atoms with Crippen molar-refractivity contribution < 1.29 is 5.11 Å². The van der Waals surface area contributed by atoms with E-state index in [9.17, 15) is 0 Å². The molecule has 1 aromatic heterocycles.